The fourth-order valence-electron chi connectivity index (χ4n) is 1.36. The van der Waals surface area contributed by atoms with Crippen molar-refractivity contribution in [2.24, 2.45) is 4.99 Å². The Labute approximate surface area is 126 Å². The van der Waals surface area contributed by atoms with Crippen molar-refractivity contribution in [3.63, 3.8) is 0 Å². The molecule has 120 valence electrons. The molecule has 3 nitrogen and oxygen atoms in total. The molecule has 22 heavy (non-hydrogen) atoms. The molecule has 0 aliphatic heterocycles. The van der Waals surface area contributed by atoms with E-state index in [-0.39, 0.29) is 16.1 Å². The van der Waals surface area contributed by atoms with Gasteiger partial charge in [-0.2, -0.15) is 31.6 Å². The van der Waals surface area contributed by atoms with E-state index in [1.54, 1.807) is 6.07 Å². The minimum atomic E-state index is -4.72. The number of nitrogens with zero attached hydrogens (tertiary/aromatic N) is 2. The van der Waals surface area contributed by atoms with Gasteiger partial charge in [-0.15, -0.1) is 11.8 Å². The van der Waals surface area contributed by atoms with Crippen LogP contribution in [0.2, 0.25) is 0 Å². The van der Waals surface area contributed by atoms with Crippen LogP contribution in [0.5, 0.6) is 0 Å². The van der Waals surface area contributed by atoms with Gasteiger partial charge in [0, 0.05) is 17.6 Å². The van der Waals surface area contributed by atoms with Crippen LogP contribution < -0.4 is 5.32 Å². The van der Waals surface area contributed by atoms with Crippen molar-refractivity contribution in [2.75, 3.05) is 18.1 Å². The molecule has 0 bridgehead atoms. The molecule has 1 N–H and O–H groups in total. The van der Waals surface area contributed by atoms with Crippen LogP contribution in [0.1, 0.15) is 5.56 Å². The number of nitrogens with one attached hydrogen (secondary N) is 1. The molecule has 0 aliphatic carbocycles. The Hall–Kier alpha value is -1.89. The molecule has 0 saturated heterocycles. The summed E-state index contributed by atoms with van der Waals surface area (Å²) in [5, 5.41) is 10.8. The maximum atomic E-state index is 12.6. The van der Waals surface area contributed by atoms with Crippen LogP contribution in [0.25, 0.3) is 0 Å². The van der Waals surface area contributed by atoms with E-state index in [1.807, 2.05) is 5.32 Å². The molecule has 0 aromatic heterocycles. The highest BCUT2D eigenvalue weighted by Crippen LogP contribution is 2.31. The zero-order chi connectivity index (χ0) is 17.0. The summed E-state index contributed by atoms with van der Waals surface area (Å²) in [4.78, 5) is 2.97. The molecule has 0 heterocycles. The Morgan fingerprint density at radius 2 is 1.91 bits per heavy atom. The van der Waals surface area contributed by atoms with Crippen molar-refractivity contribution < 1.29 is 26.3 Å². The molecule has 0 fully saturated rings. The van der Waals surface area contributed by atoms with Crippen LogP contribution in [-0.4, -0.2) is 31.0 Å². The summed E-state index contributed by atoms with van der Waals surface area (Å²) in [6.07, 6.45) is -9.18. The van der Waals surface area contributed by atoms with Gasteiger partial charge < -0.3 is 5.32 Å². The van der Waals surface area contributed by atoms with Crippen molar-refractivity contribution in [2.45, 2.75) is 17.2 Å². The zero-order valence-corrected chi connectivity index (χ0v) is 11.8. The number of alkyl halides is 6. The zero-order valence-electron chi connectivity index (χ0n) is 11.0. The monoisotopic (exact) mass is 341 g/mol. The third-order valence-corrected chi connectivity index (χ3v) is 3.37. The highest BCUT2D eigenvalue weighted by molar-refractivity contribution is 7.99. The van der Waals surface area contributed by atoms with Crippen LogP contribution in [0.4, 0.5) is 32.0 Å². The van der Waals surface area contributed by atoms with Gasteiger partial charge in [-0.1, -0.05) is 0 Å². The molecule has 1 aromatic carbocycles. The second kappa shape index (κ2) is 6.91. The van der Waals surface area contributed by atoms with E-state index in [1.165, 1.54) is 0 Å². The summed E-state index contributed by atoms with van der Waals surface area (Å²) < 4.78 is 74.3. The molecule has 0 atom stereocenters. The van der Waals surface area contributed by atoms with Gasteiger partial charge >= 0.3 is 12.4 Å². The van der Waals surface area contributed by atoms with Crippen molar-refractivity contribution >= 4 is 23.3 Å². The van der Waals surface area contributed by atoms with Gasteiger partial charge in [0.05, 0.1) is 11.3 Å². The predicted molar refractivity (Wildman–Crippen MR) is 71.0 cm³/mol. The van der Waals surface area contributed by atoms with Crippen LogP contribution in [-0.2, 0) is 0 Å². The van der Waals surface area contributed by atoms with Crippen molar-refractivity contribution in [1.82, 2.24) is 0 Å². The first-order chi connectivity index (χ1) is 10.1. The highest BCUT2D eigenvalue weighted by Gasteiger charge is 2.35. The molecular weight excluding hydrogens is 332 g/mol. The van der Waals surface area contributed by atoms with E-state index in [2.05, 4.69) is 4.99 Å². The van der Waals surface area contributed by atoms with E-state index in [4.69, 9.17) is 5.26 Å². The third-order valence-electron chi connectivity index (χ3n) is 2.25. The standard InChI is InChI=1S/C12H9F6N3S/c1-20-10(12(16,17)18)21-8-3-2-7(5-19)9(4-8)22-6-11(13,14)15/h2-4H,6H2,1H3,(H,20,21). The normalized spacial score (nSPS) is 12.9. The fraction of sp³-hybridized carbons (Fsp3) is 0.333. The lowest BCUT2D eigenvalue weighted by atomic mass is 10.2. The van der Waals surface area contributed by atoms with Gasteiger partial charge in [0.1, 0.15) is 6.07 Å². The van der Waals surface area contributed by atoms with Crippen molar-refractivity contribution in [3.8, 4) is 6.07 Å². The van der Waals surface area contributed by atoms with Gasteiger partial charge in [0.15, 0.2) is 0 Å². The summed E-state index contributed by atoms with van der Waals surface area (Å²) in [7, 11) is 0.929. The fourth-order valence-corrected chi connectivity index (χ4v) is 2.16. The number of rotatable bonds is 3. The quantitative estimate of drug-likeness (QED) is 0.388. The molecule has 0 amide bonds. The molecule has 0 saturated carbocycles. The first-order valence-corrected chi connectivity index (χ1v) is 6.60. The molecule has 1 rings (SSSR count). The van der Waals surface area contributed by atoms with E-state index in [0.29, 0.717) is 11.8 Å². The lowest BCUT2D eigenvalue weighted by Gasteiger charge is -2.14. The summed E-state index contributed by atoms with van der Waals surface area (Å²) >= 11 is 0.326. The number of nitriles is 1. The maximum absolute atomic E-state index is 12.6. The van der Waals surface area contributed by atoms with Crippen LogP contribution in [0, 0.1) is 11.3 Å². The Kier molecular flexibility index (Phi) is 5.71. The minimum Gasteiger partial charge on any atom is -0.336 e. The SMILES string of the molecule is CN=C(Nc1ccc(C#N)c(SCC(F)(F)F)c1)C(F)(F)F. The number of anilines is 1. The van der Waals surface area contributed by atoms with Crippen LogP contribution in [0.15, 0.2) is 28.1 Å². The van der Waals surface area contributed by atoms with Crippen LogP contribution in [0.3, 0.4) is 0 Å². The minimum absolute atomic E-state index is 0.0539. The predicted octanol–water partition coefficient (Wildman–Crippen LogP) is 4.22. The lowest BCUT2D eigenvalue weighted by Crippen LogP contribution is -2.30. The molecule has 0 spiro atoms. The van der Waals surface area contributed by atoms with Crippen molar-refractivity contribution in [1.29, 1.82) is 5.26 Å². The third kappa shape index (κ3) is 5.48. The van der Waals surface area contributed by atoms with Gasteiger partial charge in [-0.05, 0) is 18.2 Å². The number of amidine groups is 1. The topological polar surface area (TPSA) is 48.2 Å². The summed E-state index contributed by atoms with van der Waals surface area (Å²) in [6, 6.07) is 5.04. The van der Waals surface area contributed by atoms with Gasteiger partial charge in [-0.25, -0.2) is 0 Å². The molecule has 0 unspecified atom stereocenters. The van der Waals surface area contributed by atoms with E-state index < -0.39 is 23.9 Å². The van der Waals surface area contributed by atoms with Crippen molar-refractivity contribution in [3.05, 3.63) is 23.8 Å². The summed E-state index contributed by atoms with van der Waals surface area (Å²) in [5.41, 5.74) is -0.164. The highest BCUT2D eigenvalue weighted by atomic mass is 32.2. The average molecular weight is 341 g/mol. The van der Waals surface area contributed by atoms with Gasteiger partial charge in [0.25, 0.3) is 0 Å². The lowest BCUT2D eigenvalue weighted by molar-refractivity contribution is -0.105. The number of hydrogen-bond acceptors (Lipinski definition) is 3. The molecular formula is C12H9F6N3S. The Balaban J connectivity index is 3.03. The second-order valence-corrected chi connectivity index (χ2v) is 4.94. The number of benzene rings is 1. The Bertz CT molecular complexity index is 600. The molecule has 10 heteroatoms. The maximum Gasteiger partial charge on any atom is 0.449 e. The van der Waals surface area contributed by atoms with E-state index in [0.717, 1.165) is 25.2 Å². The average Bonchev–Trinajstić information content (AvgIpc) is 2.40. The Morgan fingerprint density at radius 3 is 2.36 bits per heavy atom. The van der Waals surface area contributed by atoms with Crippen LogP contribution >= 0.6 is 11.8 Å². The summed E-state index contributed by atoms with van der Waals surface area (Å²) in [6.45, 7) is 0. The largest absolute Gasteiger partial charge is 0.449 e. The van der Waals surface area contributed by atoms with Gasteiger partial charge in [-0.3, -0.25) is 4.99 Å². The second-order valence-electron chi connectivity index (χ2n) is 3.92. The first kappa shape index (κ1) is 18.2. The first-order valence-electron chi connectivity index (χ1n) is 5.61. The number of thioether (sulfide) groups is 1. The van der Waals surface area contributed by atoms with E-state index >= 15 is 0 Å². The molecule has 1 aromatic rings. The van der Waals surface area contributed by atoms with E-state index in [9.17, 15) is 26.3 Å². The number of halogens is 6. The smallest absolute Gasteiger partial charge is 0.336 e. The van der Waals surface area contributed by atoms with Gasteiger partial charge in [0.2, 0.25) is 5.84 Å². The molecule has 0 radical (unpaired) electrons. The number of aliphatic imine (C=N–C) groups is 1. The number of hydrogen-bond donors (Lipinski definition) is 1. The molecule has 0 aliphatic rings. The summed E-state index contributed by atoms with van der Waals surface area (Å²) in [5.74, 6) is -2.54. The Morgan fingerprint density at radius 1 is 1.27 bits per heavy atom.